The van der Waals surface area contributed by atoms with E-state index in [0.29, 0.717) is 23.4 Å². The normalized spacial score (nSPS) is 16.1. The Bertz CT molecular complexity index is 919. The molecule has 1 aliphatic rings. The minimum atomic E-state index is -0.438. The lowest BCUT2D eigenvalue weighted by Crippen LogP contribution is -2.31. The van der Waals surface area contributed by atoms with E-state index in [2.05, 4.69) is 21.2 Å². The molecule has 0 fully saturated rings. The van der Waals surface area contributed by atoms with Gasteiger partial charge in [-0.2, -0.15) is 5.10 Å². The molecule has 0 aromatic heterocycles. The number of para-hydroxylation sites is 1. The zero-order chi connectivity index (χ0) is 19.4. The van der Waals surface area contributed by atoms with Crippen LogP contribution in [0, 0.1) is 5.92 Å². The Morgan fingerprint density at radius 3 is 2.44 bits per heavy atom. The predicted octanol–water partition coefficient (Wildman–Crippen LogP) is 3.39. The van der Waals surface area contributed by atoms with E-state index in [1.807, 2.05) is 19.1 Å². The molecule has 27 heavy (non-hydrogen) atoms. The fraction of sp³-hybridized carbons (Fsp3) is 0.200. The van der Waals surface area contributed by atoms with Crippen LogP contribution in [0.3, 0.4) is 0 Å². The van der Waals surface area contributed by atoms with Crippen LogP contribution in [0.5, 0.6) is 0 Å². The third-order valence-corrected chi connectivity index (χ3v) is 4.25. The highest BCUT2D eigenvalue weighted by Gasteiger charge is 2.21. The smallest absolute Gasteiger partial charge is 0.308 e. The van der Waals surface area contributed by atoms with Crippen molar-refractivity contribution in [2.45, 2.75) is 20.3 Å². The van der Waals surface area contributed by atoms with E-state index in [9.17, 15) is 14.4 Å². The first kappa shape index (κ1) is 18.3. The number of anilines is 2. The number of urea groups is 1. The van der Waals surface area contributed by atoms with Crippen LogP contribution in [-0.4, -0.2) is 23.4 Å². The highest BCUT2D eigenvalue weighted by atomic mass is 16.2. The minimum absolute atomic E-state index is 0.0314. The number of nitrogens with zero attached hydrogens (tertiary/aromatic N) is 1. The van der Waals surface area contributed by atoms with Crippen LogP contribution in [0.4, 0.5) is 16.2 Å². The molecular formula is C20H20N4O3. The lowest BCUT2D eigenvalue weighted by atomic mass is 9.94. The van der Waals surface area contributed by atoms with Crippen LogP contribution in [0.2, 0.25) is 0 Å². The number of hydrazone groups is 1. The lowest BCUT2D eigenvalue weighted by Gasteiger charge is -2.19. The third kappa shape index (κ3) is 4.38. The summed E-state index contributed by atoms with van der Waals surface area (Å²) in [5.41, 5.74) is 5.70. The molecule has 2 aromatic carbocycles. The number of hydrogen-bond donors (Lipinski definition) is 3. The van der Waals surface area contributed by atoms with Crippen molar-refractivity contribution in [3.05, 3.63) is 59.7 Å². The first-order valence-corrected chi connectivity index (χ1v) is 8.59. The largest absolute Gasteiger partial charge is 0.323 e. The van der Waals surface area contributed by atoms with Crippen LogP contribution in [0.1, 0.15) is 36.2 Å². The number of ketones is 1. The van der Waals surface area contributed by atoms with Gasteiger partial charge < -0.3 is 10.6 Å². The van der Waals surface area contributed by atoms with E-state index in [1.165, 1.54) is 6.92 Å². The molecule has 3 amide bonds. The van der Waals surface area contributed by atoms with Crippen LogP contribution in [-0.2, 0) is 4.79 Å². The Morgan fingerprint density at radius 2 is 1.78 bits per heavy atom. The lowest BCUT2D eigenvalue weighted by molar-refractivity contribution is -0.121. The summed E-state index contributed by atoms with van der Waals surface area (Å²) in [6.45, 7) is 3.40. The van der Waals surface area contributed by atoms with E-state index >= 15 is 0 Å². The monoisotopic (exact) mass is 364 g/mol. The molecule has 0 saturated carbocycles. The summed E-state index contributed by atoms with van der Waals surface area (Å²) in [5.74, 6) is -0.180. The highest BCUT2D eigenvalue weighted by molar-refractivity contribution is 6.07. The van der Waals surface area contributed by atoms with Crippen molar-refractivity contribution in [2.24, 2.45) is 11.0 Å². The number of rotatable bonds is 4. The van der Waals surface area contributed by atoms with Gasteiger partial charge in [0.1, 0.15) is 0 Å². The van der Waals surface area contributed by atoms with Crippen molar-refractivity contribution in [1.82, 2.24) is 5.43 Å². The van der Waals surface area contributed by atoms with Gasteiger partial charge in [-0.25, -0.2) is 10.2 Å². The zero-order valence-corrected chi connectivity index (χ0v) is 15.1. The van der Waals surface area contributed by atoms with Crippen LogP contribution in [0.25, 0.3) is 0 Å². The van der Waals surface area contributed by atoms with Crippen molar-refractivity contribution < 1.29 is 14.4 Å². The molecule has 0 aliphatic carbocycles. The molecule has 1 heterocycles. The summed E-state index contributed by atoms with van der Waals surface area (Å²) in [6.07, 6.45) is 0.400. The van der Waals surface area contributed by atoms with Gasteiger partial charge in [-0.3, -0.25) is 9.59 Å². The van der Waals surface area contributed by atoms with Crippen molar-refractivity contribution >= 4 is 34.8 Å². The highest BCUT2D eigenvalue weighted by Crippen LogP contribution is 2.19. The van der Waals surface area contributed by atoms with Gasteiger partial charge >= 0.3 is 6.03 Å². The molecule has 7 nitrogen and oxygen atoms in total. The van der Waals surface area contributed by atoms with Crippen molar-refractivity contribution in [3.8, 4) is 0 Å². The first-order valence-electron chi connectivity index (χ1n) is 8.59. The summed E-state index contributed by atoms with van der Waals surface area (Å²) < 4.78 is 0. The van der Waals surface area contributed by atoms with Crippen molar-refractivity contribution in [1.29, 1.82) is 0 Å². The van der Waals surface area contributed by atoms with Gasteiger partial charge in [-0.1, -0.05) is 31.2 Å². The third-order valence-electron chi connectivity index (χ3n) is 4.25. The Labute approximate surface area is 156 Å². The molecule has 1 unspecified atom stereocenters. The van der Waals surface area contributed by atoms with Gasteiger partial charge in [0.15, 0.2) is 5.78 Å². The second-order valence-corrected chi connectivity index (χ2v) is 6.40. The first-order chi connectivity index (χ1) is 12.9. The maximum absolute atomic E-state index is 12.2. The Hall–Kier alpha value is -3.48. The molecule has 0 saturated heterocycles. The maximum atomic E-state index is 12.2. The molecule has 2 aromatic rings. The second kappa shape index (κ2) is 7.82. The van der Waals surface area contributed by atoms with E-state index in [1.54, 1.807) is 36.4 Å². The molecule has 3 rings (SSSR count). The predicted molar refractivity (Wildman–Crippen MR) is 104 cm³/mol. The maximum Gasteiger partial charge on any atom is 0.323 e. The number of Topliss-reactive ketones (excluding diaryl/α,β-unsaturated/α-hetero) is 1. The van der Waals surface area contributed by atoms with E-state index < -0.39 is 6.03 Å². The minimum Gasteiger partial charge on any atom is -0.308 e. The quantitative estimate of drug-likeness (QED) is 0.725. The van der Waals surface area contributed by atoms with Crippen LogP contribution >= 0.6 is 0 Å². The molecule has 1 aliphatic heterocycles. The van der Waals surface area contributed by atoms with Crippen molar-refractivity contribution in [2.75, 3.05) is 10.6 Å². The van der Waals surface area contributed by atoms with Gasteiger partial charge in [0.25, 0.3) is 0 Å². The molecule has 3 N–H and O–H groups in total. The standard InChI is InChI=1S/C20H20N4O3/c1-12-11-18(26)23-24-19(12)14-7-9-15(10-8-14)21-20(27)22-17-6-4-3-5-16(17)13(2)25/h3-10,12H,11H2,1-2H3,(H,23,26)(H2,21,22,27). The summed E-state index contributed by atoms with van der Waals surface area (Å²) in [5, 5.41) is 9.54. The molecule has 0 spiro atoms. The molecule has 7 heteroatoms. The average Bonchev–Trinajstić information content (AvgIpc) is 2.63. The molecule has 0 bridgehead atoms. The SMILES string of the molecule is CC(=O)c1ccccc1NC(=O)Nc1ccc(C2=NNC(=O)CC2C)cc1. The van der Waals surface area contributed by atoms with Gasteiger partial charge in [0, 0.05) is 23.6 Å². The molecule has 138 valence electrons. The van der Waals surface area contributed by atoms with Crippen molar-refractivity contribution in [3.63, 3.8) is 0 Å². The van der Waals surface area contributed by atoms with E-state index in [-0.39, 0.29) is 17.6 Å². The summed E-state index contributed by atoms with van der Waals surface area (Å²) in [7, 11) is 0. The molecule has 0 radical (unpaired) electrons. The van der Waals surface area contributed by atoms with Crippen LogP contribution in [0.15, 0.2) is 53.6 Å². The fourth-order valence-electron chi connectivity index (χ4n) is 2.91. The zero-order valence-electron chi connectivity index (χ0n) is 15.1. The number of carbonyl (C=O) groups is 3. The average molecular weight is 364 g/mol. The van der Waals surface area contributed by atoms with Crippen LogP contribution < -0.4 is 16.1 Å². The van der Waals surface area contributed by atoms with E-state index in [0.717, 1.165) is 11.3 Å². The Kier molecular flexibility index (Phi) is 5.30. The summed E-state index contributed by atoms with van der Waals surface area (Å²) in [6, 6.07) is 13.6. The summed E-state index contributed by atoms with van der Waals surface area (Å²) >= 11 is 0. The number of nitrogens with one attached hydrogen (secondary N) is 3. The number of amides is 3. The van der Waals surface area contributed by atoms with Gasteiger partial charge in [-0.05, 0) is 36.8 Å². The molecular weight excluding hydrogens is 344 g/mol. The molecule has 1 atom stereocenters. The van der Waals surface area contributed by atoms with Gasteiger partial charge in [0.05, 0.1) is 11.4 Å². The number of hydrogen-bond acceptors (Lipinski definition) is 4. The summed E-state index contributed by atoms with van der Waals surface area (Å²) in [4.78, 5) is 35.2. The van der Waals surface area contributed by atoms with Gasteiger partial charge in [-0.15, -0.1) is 0 Å². The topological polar surface area (TPSA) is 99.7 Å². The second-order valence-electron chi connectivity index (χ2n) is 6.40. The van der Waals surface area contributed by atoms with Gasteiger partial charge in [0.2, 0.25) is 5.91 Å². The fourth-order valence-corrected chi connectivity index (χ4v) is 2.91. The number of carbonyl (C=O) groups excluding carboxylic acids is 3. The Morgan fingerprint density at radius 1 is 1.07 bits per heavy atom. The van der Waals surface area contributed by atoms with E-state index in [4.69, 9.17) is 0 Å². The Balaban J connectivity index is 1.67. The number of benzene rings is 2.